The van der Waals surface area contributed by atoms with Crippen LogP contribution in [0, 0.1) is 17.5 Å². The Bertz CT molecular complexity index is 312. The van der Waals surface area contributed by atoms with Gasteiger partial charge >= 0.3 is 0 Å². The molecular weight excluding hydrogens is 203 g/mol. The number of hydrogen-bond donors (Lipinski definition) is 1. The molecule has 1 nitrogen and oxygen atoms in total. The van der Waals surface area contributed by atoms with Gasteiger partial charge in [0.1, 0.15) is 11.5 Å². The molecule has 1 rings (SSSR count). The Morgan fingerprint density at radius 2 is 1.53 bits per heavy atom. The average Bonchev–Trinajstić information content (AvgIpc) is 2.17. The summed E-state index contributed by atoms with van der Waals surface area (Å²) in [7, 11) is 0. The standard InChI is InChI=1S/C11H14F3N/c1-3-8(4-2)15-11-9(13)5-7(12)6-10(11)14/h5-6,8,15H,3-4H2,1-2H3. The molecule has 0 aliphatic carbocycles. The third-order valence-electron chi connectivity index (χ3n) is 2.34. The molecule has 0 atom stereocenters. The van der Waals surface area contributed by atoms with Crippen LogP contribution < -0.4 is 5.32 Å². The molecule has 4 heteroatoms. The van der Waals surface area contributed by atoms with Gasteiger partial charge in [0.25, 0.3) is 0 Å². The predicted molar refractivity (Wildman–Crippen MR) is 54.3 cm³/mol. The molecule has 0 fully saturated rings. The van der Waals surface area contributed by atoms with E-state index in [2.05, 4.69) is 5.32 Å². The SMILES string of the molecule is CCC(CC)Nc1c(F)cc(F)cc1F. The molecule has 0 radical (unpaired) electrons. The highest BCUT2D eigenvalue weighted by atomic mass is 19.1. The Morgan fingerprint density at radius 3 is 1.93 bits per heavy atom. The molecule has 0 amide bonds. The second kappa shape index (κ2) is 5.05. The summed E-state index contributed by atoms with van der Waals surface area (Å²) in [4.78, 5) is 0. The summed E-state index contributed by atoms with van der Waals surface area (Å²) < 4.78 is 39.0. The van der Waals surface area contributed by atoms with E-state index < -0.39 is 17.5 Å². The lowest BCUT2D eigenvalue weighted by atomic mass is 10.1. The van der Waals surface area contributed by atoms with E-state index in [1.165, 1.54) is 0 Å². The summed E-state index contributed by atoms with van der Waals surface area (Å²) in [5, 5.41) is 2.73. The Labute approximate surface area is 87.3 Å². The van der Waals surface area contributed by atoms with E-state index >= 15 is 0 Å². The number of nitrogens with one attached hydrogen (secondary N) is 1. The maximum Gasteiger partial charge on any atom is 0.152 e. The van der Waals surface area contributed by atoms with Gasteiger partial charge in [-0.05, 0) is 12.8 Å². The molecule has 1 N–H and O–H groups in total. The predicted octanol–water partition coefficient (Wildman–Crippen LogP) is 3.70. The van der Waals surface area contributed by atoms with Gasteiger partial charge in [-0.15, -0.1) is 0 Å². The molecule has 0 aliphatic rings. The lowest BCUT2D eigenvalue weighted by molar-refractivity contribution is 0.541. The van der Waals surface area contributed by atoms with E-state index in [0.29, 0.717) is 12.1 Å². The lowest BCUT2D eigenvalue weighted by Gasteiger charge is -2.17. The molecule has 0 bridgehead atoms. The zero-order valence-electron chi connectivity index (χ0n) is 8.78. The lowest BCUT2D eigenvalue weighted by Crippen LogP contribution is -2.19. The second-order valence-corrected chi connectivity index (χ2v) is 3.40. The molecule has 84 valence electrons. The van der Waals surface area contributed by atoms with Crippen molar-refractivity contribution in [3.63, 3.8) is 0 Å². The Morgan fingerprint density at radius 1 is 1.07 bits per heavy atom. The van der Waals surface area contributed by atoms with Gasteiger partial charge in [-0.2, -0.15) is 0 Å². The zero-order valence-corrected chi connectivity index (χ0v) is 8.78. The first-order valence-electron chi connectivity index (χ1n) is 4.99. The summed E-state index contributed by atoms with van der Waals surface area (Å²) in [6.45, 7) is 3.83. The summed E-state index contributed by atoms with van der Waals surface area (Å²) >= 11 is 0. The number of hydrogen-bond acceptors (Lipinski definition) is 1. The van der Waals surface area contributed by atoms with E-state index in [-0.39, 0.29) is 11.7 Å². The summed E-state index contributed by atoms with van der Waals surface area (Å²) in [6.07, 6.45) is 1.51. The van der Waals surface area contributed by atoms with E-state index in [9.17, 15) is 13.2 Å². The van der Waals surface area contributed by atoms with Gasteiger partial charge in [-0.25, -0.2) is 13.2 Å². The number of halogens is 3. The van der Waals surface area contributed by atoms with Gasteiger partial charge in [-0.1, -0.05) is 13.8 Å². The van der Waals surface area contributed by atoms with Crippen LogP contribution >= 0.6 is 0 Å². The van der Waals surface area contributed by atoms with Crippen molar-refractivity contribution in [3.8, 4) is 0 Å². The van der Waals surface area contributed by atoms with Crippen molar-refractivity contribution < 1.29 is 13.2 Å². The molecule has 1 aromatic rings. The van der Waals surface area contributed by atoms with Crippen molar-refractivity contribution in [3.05, 3.63) is 29.6 Å². The maximum atomic E-state index is 13.2. The highest BCUT2D eigenvalue weighted by Gasteiger charge is 2.13. The molecule has 0 spiro atoms. The number of rotatable bonds is 4. The van der Waals surface area contributed by atoms with Crippen molar-refractivity contribution in [1.29, 1.82) is 0 Å². The Hall–Kier alpha value is -1.19. The molecule has 0 aromatic heterocycles. The van der Waals surface area contributed by atoms with Crippen LogP contribution in [0.2, 0.25) is 0 Å². The Kier molecular flexibility index (Phi) is 4.00. The van der Waals surface area contributed by atoms with Crippen LogP contribution in [0.15, 0.2) is 12.1 Å². The van der Waals surface area contributed by atoms with E-state index in [0.717, 1.165) is 12.8 Å². The van der Waals surface area contributed by atoms with E-state index in [1.54, 1.807) is 0 Å². The molecule has 0 aliphatic heterocycles. The molecule has 0 saturated heterocycles. The normalized spacial score (nSPS) is 10.8. The fourth-order valence-corrected chi connectivity index (χ4v) is 1.38. The highest BCUT2D eigenvalue weighted by molar-refractivity contribution is 5.47. The quantitative estimate of drug-likeness (QED) is 0.810. The van der Waals surface area contributed by atoms with Gasteiger partial charge in [0, 0.05) is 18.2 Å². The molecule has 0 saturated carbocycles. The van der Waals surface area contributed by atoms with Gasteiger partial charge in [0.15, 0.2) is 11.6 Å². The first-order valence-corrected chi connectivity index (χ1v) is 4.99. The van der Waals surface area contributed by atoms with Crippen LogP contribution in [0.1, 0.15) is 26.7 Å². The number of benzene rings is 1. The summed E-state index contributed by atoms with van der Waals surface area (Å²) in [6, 6.07) is 1.35. The van der Waals surface area contributed by atoms with Gasteiger partial charge in [0.05, 0.1) is 0 Å². The van der Waals surface area contributed by atoms with E-state index in [4.69, 9.17) is 0 Å². The van der Waals surface area contributed by atoms with Crippen LogP contribution in [-0.4, -0.2) is 6.04 Å². The smallest absolute Gasteiger partial charge is 0.152 e. The van der Waals surface area contributed by atoms with Crippen LogP contribution in [0.4, 0.5) is 18.9 Å². The van der Waals surface area contributed by atoms with Crippen LogP contribution in [-0.2, 0) is 0 Å². The monoisotopic (exact) mass is 217 g/mol. The second-order valence-electron chi connectivity index (χ2n) is 3.40. The highest BCUT2D eigenvalue weighted by Crippen LogP contribution is 2.22. The third kappa shape index (κ3) is 2.88. The first-order chi connectivity index (χ1) is 7.08. The summed E-state index contributed by atoms with van der Waals surface area (Å²) in [5.41, 5.74) is -0.245. The molecule has 15 heavy (non-hydrogen) atoms. The van der Waals surface area contributed by atoms with Crippen molar-refractivity contribution in [2.45, 2.75) is 32.7 Å². The van der Waals surface area contributed by atoms with Crippen LogP contribution in [0.3, 0.4) is 0 Å². The Balaban J connectivity index is 2.94. The maximum absolute atomic E-state index is 13.2. The zero-order chi connectivity index (χ0) is 11.4. The first kappa shape index (κ1) is 11.9. The summed E-state index contributed by atoms with van der Waals surface area (Å²) in [5.74, 6) is -2.68. The molecule has 1 aromatic carbocycles. The van der Waals surface area contributed by atoms with Gasteiger partial charge in [-0.3, -0.25) is 0 Å². The van der Waals surface area contributed by atoms with E-state index in [1.807, 2.05) is 13.8 Å². The van der Waals surface area contributed by atoms with Crippen molar-refractivity contribution in [1.82, 2.24) is 0 Å². The fraction of sp³-hybridized carbons (Fsp3) is 0.455. The minimum Gasteiger partial charge on any atom is -0.378 e. The third-order valence-corrected chi connectivity index (χ3v) is 2.34. The largest absolute Gasteiger partial charge is 0.378 e. The number of anilines is 1. The topological polar surface area (TPSA) is 12.0 Å². The van der Waals surface area contributed by atoms with Crippen LogP contribution in [0.25, 0.3) is 0 Å². The average molecular weight is 217 g/mol. The van der Waals surface area contributed by atoms with Crippen LogP contribution in [0.5, 0.6) is 0 Å². The minimum absolute atomic E-state index is 0.000499. The fourth-order valence-electron chi connectivity index (χ4n) is 1.38. The molecule has 0 heterocycles. The van der Waals surface area contributed by atoms with Crippen molar-refractivity contribution in [2.75, 3.05) is 5.32 Å². The van der Waals surface area contributed by atoms with Crippen molar-refractivity contribution >= 4 is 5.69 Å². The molecule has 0 unspecified atom stereocenters. The van der Waals surface area contributed by atoms with Crippen molar-refractivity contribution in [2.24, 2.45) is 0 Å². The van der Waals surface area contributed by atoms with Gasteiger partial charge in [0.2, 0.25) is 0 Å². The van der Waals surface area contributed by atoms with Gasteiger partial charge < -0.3 is 5.32 Å². The minimum atomic E-state index is -0.903. The molecular formula is C11H14F3N.